The second-order valence-electron chi connectivity index (χ2n) is 16.7. The number of carbonyl (C=O) groups is 3. The van der Waals surface area contributed by atoms with Crippen LogP contribution >= 0.6 is 0 Å². The molecular formula is C59H94O6. The van der Waals surface area contributed by atoms with Gasteiger partial charge >= 0.3 is 17.9 Å². The fourth-order valence-corrected chi connectivity index (χ4v) is 6.63. The van der Waals surface area contributed by atoms with Gasteiger partial charge in [0.1, 0.15) is 13.2 Å². The fraction of sp³-hybridized carbons (Fsp3) is 0.610. The van der Waals surface area contributed by atoms with E-state index in [1.807, 2.05) is 12.2 Å². The normalized spacial score (nSPS) is 13.1. The van der Waals surface area contributed by atoms with Gasteiger partial charge in [-0.3, -0.25) is 14.4 Å². The van der Waals surface area contributed by atoms with E-state index < -0.39 is 12.1 Å². The summed E-state index contributed by atoms with van der Waals surface area (Å²) < 4.78 is 16.6. The van der Waals surface area contributed by atoms with Crippen LogP contribution in [0.2, 0.25) is 0 Å². The highest BCUT2D eigenvalue weighted by atomic mass is 16.6. The summed E-state index contributed by atoms with van der Waals surface area (Å²) >= 11 is 0. The second-order valence-corrected chi connectivity index (χ2v) is 16.7. The van der Waals surface area contributed by atoms with E-state index in [4.69, 9.17) is 14.2 Å². The highest BCUT2D eigenvalue weighted by Crippen LogP contribution is 2.13. The van der Waals surface area contributed by atoms with Crippen LogP contribution in [0.15, 0.2) is 122 Å². The average molecular weight is 899 g/mol. The molecule has 0 aliphatic carbocycles. The largest absolute Gasteiger partial charge is 0.462 e. The summed E-state index contributed by atoms with van der Waals surface area (Å²) in [6, 6.07) is 0. The zero-order valence-electron chi connectivity index (χ0n) is 41.7. The molecule has 0 rings (SSSR count). The quantitative estimate of drug-likeness (QED) is 0.0262. The molecule has 0 aromatic carbocycles. The third kappa shape index (κ3) is 50.7. The van der Waals surface area contributed by atoms with Gasteiger partial charge in [-0.15, -0.1) is 0 Å². The molecule has 0 aliphatic heterocycles. The van der Waals surface area contributed by atoms with E-state index in [0.717, 1.165) is 116 Å². The zero-order chi connectivity index (χ0) is 47.2. The van der Waals surface area contributed by atoms with Crippen molar-refractivity contribution >= 4 is 17.9 Å². The molecule has 0 bridgehead atoms. The van der Waals surface area contributed by atoms with Gasteiger partial charge in [0.05, 0.1) is 0 Å². The SMILES string of the molecule is CC/C=C\C/C=C\C/C=C\C/C=C\C/C=C\C/C=C\CCC(=O)OC(COC(=O)CCCCCCC)COC(=O)CCCCCCCCCCCC/C=C\C/C=C\C/C=C\C/C=C\CC. The summed E-state index contributed by atoms with van der Waals surface area (Å²) in [6.07, 6.45) is 72.4. The van der Waals surface area contributed by atoms with Crippen molar-refractivity contribution in [1.82, 2.24) is 0 Å². The Morgan fingerprint density at radius 2 is 0.631 bits per heavy atom. The maximum absolute atomic E-state index is 12.7. The molecule has 0 saturated heterocycles. The molecule has 0 N–H and O–H groups in total. The first kappa shape index (κ1) is 60.8. The molecule has 0 fully saturated rings. The van der Waals surface area contributed by atoms with Crippen molar-refractivity contribution in [2.75, 3.05) is 13.2 Å². The first-order chi connectivity index (χ1) is 32.0. The molecule has 0 saturated carbocycles. The Balaban J connectivity index is 4.27. The van der Waals surface area contributed by atoms with Gasteiger partial charge in [-0.25, -0.2) is 0 Å². The number of ether oxygens (including phenoxy) is 3. The molecule has 0 aromatic rings. The molecule has 65 heavy (non-hydrogen) atoms. The van der Waals surface area contributed by atoms with Crippen LogP contribution in [0.4, 0.5) is 0 Å². The van der Waals surface area contributed by atoms with Crippen LogP contribution in [0.25, 0.3) is 0 Å². The topological polar surface area (TPSA) is 78.9 Å². The number of rotatable bonds is 45. The van der Waals surface area contributed by atoms with Crippen molar-refractivity contribution in [3.05, 3.63) is 122 Å². The molecule has 0 spiro atoms. The molecule has 0 heterocycles. The Bertz CT molecular complexity index is 1400. The van der Waals surface area contributed by atoms with Crippen LogP contribution in [0.5, 0.6) is 0 Å². The standard InChI is InChI=1S/C59H94O6/c1-4-7-10-13-15-17-19-21-23-25-27-28-29-30-32-33-35-37-39-41-43-46-49-52-58(61)64-55-56(54-63-57(60)51-48-45-12-9-6-3)65-59(62)53-50-47-44-42-40-38-36-34-31-26-24-22-20-18-16-14-11-8-5-2/h7-8,10-11,15-18,21-24,27-28,31,34,38,40,44,47,56H,4-6,9,12-14,19-20,25-26,29-30,32-33,35-37,39,41-43,45-46,48-55H2,1-3H3/b10-7-,11-8-,17-15-,18-16-,23-21-,24-22-,28-27-,34-31-,40-38-,47-44-. The van der Waals surface area contributed by atoms with Crippen molar-refractivity contribution in [3.8, 4) is 0 Å². The fourth-order valence-electron chi connectivity index (χ4n) is 6.63. The van der Waals surface area contributed by atoms with Gasteiger partial charge in [0.2, 0.25) is 0 Å². The number of allylic oxidation sites excluding steroid dienone is 20. The lowest BCUT2D eigenvalue weighted by atomic mass is 10.1. The smallest absolute Gasteiger partial charge is 0.306 e. The van der Waals surface area contributed by atoms with E-state index in [9.17, 15) is 14.4 Å². The first-order valence-corrected chi connectivity index (χ1v) is 26.0. The van der Waals surface area contributed by atoms with E-state index in [0.29, 0.717) is 19.3 Å². The Hall–Kier alpha value is -4.19. The maximum Gasteiger partial charge on any atom is 0.306 e. The summed E-state index contributed by atoms with van der Waals surface area (Å²) in [6.45, 7) is 6.24. The van der Waals surface area contributed by atoms with Crippen molar-refractivity contribution < 1.29 is 28.6 Å². The summed E-state index contributed by atoms with van der Waals surface area (Å²) in [5.74, 6) is -1.02. The van der Waals surface area contributed by atoms with Crippen LogP contribution in [-0.4, -0.2) is 37.2 Å². The molecule has 0 amide bonds. The molecule has 1 atom stereocenters. The number of esters is 3. The lowest BCUT2D eigenvalue weighted by Gasteiger charge is -2.18. The highest BCUT2D eigenvalue weighted by Gasteiger charge is 2.19. The molecule has 6 heteroatoms. The number of unbranched alkanes of at least 4 members (excludes halogenated alkanes) is 14. The van der Waals surface area contributed by atoms with Crippen LogP contribution in [0, 0.1) is 0 Å². The Morgan fingerprint density at radius 1 is 0.323 bits per heavy atom. The molecule has 1 unspecified atom stereocenters. The van der Waals surface area contributed by atoms with Crippen LogP contribution in [0.3, 0.4) is 0 Å². The number of hydrogen-bond acceptors (Lipinski definition) is 6. The third-order valence-electron chi connectivity index (χ3n) is 10.5. The summed E-state index contributed by atoms with van der Waals surface area (Å²) in [4.78, 5) is 37.7. The minimum Gasteiger partial charge on any atom is -0.462 e. The Kier molecular flexibility index (Phi) is 49.1. The van der Waals surface area contributed by atoms with E-state index in [1.165, 1.54) is 51.4 Å². The molecule has 0 aromatic heterocycles. The monoisotopic (exact) mass is 899 g/mol. The van der Waals surface area contributed by atoms with Crippen LogP contribution < -0.4 is 0 Å². The zero-order valence-corrected chi connectivity index (χ0v) is 41.7. The van der Waals surface area contributed by atoms with Gasteiger partial charge in [0, 0.05) is 19.3 Å². The van der Waals surface area contributed by atoms with E-state index in [1.54, 1.807) is 0 Å². The first-order valence-electron chi connectivity index (χ1n) is 26.0. The molecule has 6 nitrogen and oxygen atoms in total. The minimum atomic E-state index is -0.819. The van der Waals surface area contributed by atoms with Crippen molar-refractivity contribution in [2.45, 2.75) is 219 Å². The number of carbonyl (C=O) groups excluding carboxylic acids is 3. The second kappa shape index (κ2) is 52.4. The maximum atomic E-state index is 12.7. The third-order valence-corrected chi connectivity index (χ3v) is 10.5. The van der Waals surface area contributed by atoms with Gasteiger partial charge in [0.15, 0.2) is 6.10 Å². The highest BCUT2D eigenvalue weighted by molar-refractivity contribution is 5.71. The van der Waals surface area contributed by atoms with E-state index >= 15 is 0 Å². The van der Waals surface area contributed by atoms with E-state index in [2.05, 4.69) is 130 Å². The van der Waals surface area contributed by atoms with Crippen molar-refractivity contribution in [1.29, 1.82) is 0 Å². The van der Waals surface area contributed by atoms with E-state index in [-0.39, 0.29) is 31.6 Å². The summed E-state index contributed by atoms with van der Waals surface area (Å²) in [5, 5.41) is 0. The van der Waals surface area contributed by atoms with Gasteiger partial charge in [-0.05, 0) is 96.3 Å². The lowest BCUT2D eigenvalue weighted by molar-refractivity contribution is -0.166. The lowest BCUT2D eigenvalue weighted by Crippen LogP contribution is -2.30. The molecule has 0 aliphatic rings. The van der Waals surface area contributed by atoms with Crippen LogP contribution in [-0.2, 0) is 28.6 Å². The molecule has 0 radical (unpaired) electrons. The van der Waals surface area contributed by atoms with Gasteiger partial charge < -0.3 is 14.2 Å². The summed E-state index contributed by atoms with van der Waals surface area (Å²) in [7, 11) is 0. The minimum absolute atomic E-state index is 0.113. The van der Waals surface area contributed by atoms with Gasteiger partial charge in [-0.1, -0.05) is 219 Å². The van der Waals surface area contributed by atoms with Crippen molar-refractivity contribution in [3.63, 3.8) is 0 Å². The molecule has 366 valence electrons. The van der Waals surface area contributed by atoms with Crippen molar-refractivity contribution in [2.24, 2.45) is 0 Å². The predicted octanol–water partition coefficient (Wildman–Crippen LogP) is 17.3. The van der Waals surface area contributed by atoms with Gasteiger partial charge in [0.25, 0.3) is 0 Å². The number of hydrogen-bond donors (Lipinski definition) is 0. The molecular weight excluding hydrogens is 805 g/mol. The Labute approximate surface area is 399 Å². The average Bonchev–Trinajstić information content (AvgIpc) is 3.30. The Morgan fingerprint density at radius 3 is 1.00 bits per heavy atom. The van der Waals surface area contributed by atoms with Crippen LogP contribution in [0.1, 0.15) is 213 Å². The summed E-state index contributed by atoms with van der Waals surface area (Å²) in [5.41, 5.74) is 0. The van der Waals surface area contributed by atoms with Gasteiger partial charge in [-0.2, -0.15) is 0 Å². The predicted molar refractivity (Wildman–Crippen MR) is 279 cm³/mol.